The maximum atomic E-state index is 12.7. The zero-order valence-corrected chi connectivity index (χ0v) is 19.2. The van der Waals surface area contributed by atoms with Gasteiger partial charge in [-0.05, 0) is 30.5 Å². The quantitative estimate of drug-likeness (QED) is 0.513. The van der Waals surface area contributed by atoms with E-state index in [-0.39, 0.29) is 17.8 Å². The summed E-state index contributed by atoms with van der Waals surface area (Å²) in [6.45, 7) is 2.78. The summed E-state index contributed by atoms with van der Waals surface area (Å²) in [7, 11) is 0. The van der Waals surface area contributed by atoms with Crippen LogP contribution in [0.4, 0.5) is 5.69 Å². The zero-order chi connectivity index (χ0) is 22.5. The molecule has 0 aliphatic carbocycles. The minimum absolute atomic E-state index is 0.0950. The Morgan fingerprint density at radius 2 is 1.91 bits per heavy atom. The molecule has 33 heavy (non-hydrogen) atoms. The fraction of sp³-hybridized carbons (Fsp3) is 0.360. The van der Waals surface area contributed by atoms with Crippen LogP contribution in [0.15, 0.2) is 59.9 Å². The monoisotopic (exact) mass is 465 g/mol. The average Bonchev–Trinajstić information content (AvgIpc) is 3.43. The first-order valence-corrected chi connectivity index (χ1v) is 12.3. The lowest BCUT2D eigenvalue weighted by Crippen LogP contribution is -2.18. The van der Waals surface area contributed by atoms with Gasteiger partial charge in [0.15, 0.2) is 16.7 Å². The molecule has 2 aliphatic heterocycles. The molecular weight excluding hydrogens is 438 g/mol. The highest BCUT2D eigenvalue weighted by Gasteiger charge is 2.21. The summed E-state index contributed by atoms with van der Waals surface area (Å²) in [5.74, 6) is 1.54. The van der Waals surface area contributed by atoms with Gasteiger partial charge in [0.05, 0.1) is 43.5 Å². The summed E-state index contributed by atoms with van der Waals surface area (Å²) in [6, 6.07) is 15.7. The predicted octanol–water partition coefficient (Wildman–Crippen LogP) is 4.62. The number of fused-ring (bicyclic) bond motifs is 1. The number of carbonyl (C=O) groups is 1. The van der Waals surface area contributed by atoms with E-state index in [4.69, 9.17) is 14.2 Å². The Hall–Kier alpha value is -2.97. The predicted molar refractivity (Wildman–Crippen MR) is 128 cm³/mol. The fourth-order valence-electron chi connectivity index (χ4n) is 4.05. The van der Waals surface area contributed by atoms with E-state index in [2.05, 4.69) is 27.0 Å². The number of nitrogens with one attached hydrogen (secondary N) is 1. The molecule has 2 aromatic carbocycles. The molecular formula is C25H27N3O4S. The van der Waals surface area contributed by atoms with Crippen LogP contribution in [0.2, 0.25) is 0 Å². The maximum Gasteiger partial charge on any atom is 0.234 e. The first-order chi connectivity index (χ1) is 16.3. The summed E-state index contributed by atoms with van der Waals surface area (Å²) in [4.78, 5) is 17.3. The number of nitrogens with zero attached hydrogens (tertiary/aromatic N) is 2. The van der Waals surface area contributed by atoms with E-state index in [1.807, 2.05) is 42.6 Å². The highest BCUT2D eigenvalue weighted by molar-refractivity contribution is 7.99. The van der Waals surface area contributed by atoms with Gasteiger partial charge in [0, 0.05) is 24.8 Å². The van der Waals surface area contributed by atoms with Crippen LogP contribution in [0.3, 0.4) is 0 Å². The maximum absolute atomic E-state index is 12.7. The SMILES string of the molecule is O=C(CSc1ncc(-c2ccccc2)n1CC1CCCO1)Nc1ccc2c(c1)OCCCO2. The van der Waals surface area contributed by atoms with Crippen LogP contribution in [0.5, 0.6) is 11.5 Å². The first kappa shape index (κ1) is 21.9. The van der Waals surface area contributed by atoms with Gasteiger partial charge in [0.2, 0.25) is 5.91 Å². The van der Waals surface area contributed by atoms with Crippen molar-refractivity contribution in [3.8, 4) is 22.8 Å². The number of thioether (sulfide) groups is 1. The van der Waals surface area contributed by atoms with Gasteiger partial charge >= 0.3 is 0 Å². The van der Waals surface area contributed by atoms with Gasteiger partial charge in [-0.1, -0.05) is 42.1 Å². The number of rotatable bonds is 7. The zero-order valence-electron chi connectivity index (χ0n) is 18.4. The van der Waals surface area contributed by atoms with Gasteiger partial charge in [0.1, 0.15) is 0 Å². The largest absolute Gasteiger partial charge is 0.490 e. The molecule has 0 radical (unpaired) electrons. The Balaban J connectivity index is 1.27. The van der Waals surface area contributed by atoms with Gasteiger partial charge in [-0.15, -0.1) is 0 Å². The van der Waals surface area contributed by atoms with Crippen LogP contribution in [-0.4, -0.2) is 47.1 Å². The molecule has 0 spiro atoms. The third-order valence-corrected chi connectivity index (χ3v) is 6.65. The van der Waals surface area contributed by atoms with Gasteiger partial charge in [-0.2, -0.15) is 0 Å². The number of imidazole rings is 1. The highest BCUT2D eigenvalue weighted by Crippen LogP contribution is 2.33. The van der Waals surface area contributed by atoms with Crippen LogP contribution in [0.1, 0.15) is 19.3 Å². The molecule has 5 rings (SSSR count). The van der Waals surface area contributed by atoms with E-state index >= 15 is 0 Å². The number of amides is 1. The van der Waals surface area contributed by atoms with Crippen molar-refractivity contribution in [3.05, 3.63) is 54.7 Å². The van der Waals surface area contributed by atoms with E-state index in [0.717, 1.165) is 48.8 Å². The topological polar surface area (TPSA) is 74.6 Å². The molecule has 1 saturated heterocycles. The number of benzene rings is 2. The Kier molecular flexibility index (Phi) is 6.83. The molecule has 1 N–H and O–H groups in total. The highest BCUT2D eigenvalue weighted by atomic mass is 32.2. The van der Waals surface area contributed by atoms with Crippen molar-refractivity contribution in [2.24, 2.45) is 0 Å². The molecule has 8 heteroatoms. The smallest absolute Gasteiger partial charge is 0.234 e. The number of anilines is 1. The summed E-state index contributed by atoms with van der Waals surface area (Å²) in [5, 5.41) is 3.77. The van der Waals surface area contributed by atoms with E-state index in [1.54, 1.807) is 0 Å². The summed E-state index contributed by atoms with van der Waals surface area (Å²) in [5.41, 5.74) is 2.83. The molecule has 0 saturated carbocycles. The second-order valence-corrected chi connectivity index (χ2v) is 9.03. The number of hydrogen-bond donors (Lipinski definition) is 1. The molecule has 3 heterocycles. The van der Waals surface area contributed by atoms with Crippen molar-refractivity contribution in [1.29, 1.82) is 0 Å². The molecule has 7 nitrogen and oxygen atoms in total. The Morgan fingerprint density at radius 1 is 1.06 bits per heavy atom. The van der Waals surface area contributed by atoms with Crippen molar-refractivity contribution in [1.82, 2.24) is 9.55 Å². The minimum Gasteiger partial charge on any atom is -0.490 e. The normalized spacial score (nSPS) is 17.5. The van der Waals surface area contributed by atoms with Crippen LogP contribution >= 0.6 is 11.8 Å². The minimum atomic E-state index is -0.0950. The second-order valence-electron chi connectivity index (χ2n) is 8.09. The number of hydrogen-bond acceptors (Lipinski definition) is 6. The Labute approximate surface area is 197 Å². The van der Waals surface area contributed by atoms with Crippen LogP contribution < -0.4 is 14.8 Å². The molecule has 3 aromatic rings. The molecule has 1 amide bonds. The van der Waals surface area contributed by atoms with Gasteiger partial charge in [-0.25, -0.2) is 4.98 Å². The van der Waals surface area contributed by atoms with Crippen molar-refractivity contribution >= 4 is 23.4 Å². The van der Waals surface area contributed by atoms with E-state index in [1.165, 1.54) is 11.8 Å². The van der Waals surface area contributed by atoms with Crippen LogP contribution in [-0.2, 0) is 16.1 Å². The number of carbonyl (C=O) groups excluding carboxylic acids is 1. The molecule has 1 fully saturated rings. The number of ether oxygens (including phenoxy) is 3. The van der Waals surface area contributed by atoms with Gasteiger partial charge in [0.25, 0.3) is 0 Å². The van der Waals surface area contributed by atoms with Crippen molar-refractivity contribution in [2.45, 2.75) is 37.1 Å². The molecule has 2 aliphatic rings. The third-order valence-electron chi connectivity index (χ3n) is 5.66. The standard InChI is InChI=1S/C25H27N3O4S/c29-24(27-19-9-10-22-23(14-19)32-13-5-12-31-22)17-33-25-26-15-21(18-6-2-1-3-7-18)28(25)16-20-8-4-11-30-20/h1-3,6-7,9-10,14-15,20H,4-5,8,11-13,16-17H2,(H,27,29). The molecule has 1 unspecified atom stereocenters. The van der Waals surface area contributed by atoms with E-state index in [9.17, 15) is 4.79 Å². The number of aromatic nitrogens is 2. The summed E-state index contributed by atoms with van der Waals surface area (Å²) < 4.78 is 19.4. The van der Waals surface area contributed by atoms with Crippen LogP contribution in [0, 0.1) is 0 Å². The van der Waals surface area contributed by atoms with E-state index in [0.29, 0.717) is 30.4 Å². The molecule has 172 valence electrons. The summed E-state index contributed by atoms with van der Waals surface area (Å²) in [6.07, 6.45) is 5.03. The lowest BCUT2D eigenvalue weighted by molar-refractivity contribution is -0.113. The molecule has 0 bridgehead atoms. The van der Waals surface area contributed by atoms with Crippen LogP contribution in [0.25, 0.3) is 11.3 Å². The fourth-order valence-corrected chi connectivity index (χ4v) is 4.84. The average molecular weight is 466 g/mol. The first-order valence-electron chi connectivity index (χ1n) is 11.3. The van der Waals surface area contributed by atoms with Gasteiger partial charge in [-0.3, -0.25) is 4.79 Å². The second kappa shape index (κ2) is 10.3. The van der Waals surface area contributed by atoms with E-state index < -0.39 is 0 Å². The molecule has 1 aromatic heterocycles. The lowest BCUT2D eigenvalue weighted by Gasteiger charge is -2.16. The molecule has 1 atom stereocenters. The third kappa shape index (κ3) is 5.34. The van der Waals surface area contributed by atoms with Crippen molar-refractivity contribution < 1.29 is 19.0 Å². The Bertz CT molecular complexity index is 1100. The van der Waals surface area contributed by atoms with Crippen molar-refractivity contribution in [2.75, 3.05) is 30.9 Å². The van der Waals surface area contributed by atoms with Gasteiger partial charge < -0.3 is 24.1 Å². The lowest BCUT2D eigenvalue weighted by atomic mass is 10.1. The Morgan fingerprint density at radius 3 is 2.73 bits per heavy atom. The van der Waals surface area contributed by atoms with Crippen molar-refractivity contribution in [3.63, 3.8) is 0 Å². The summed E-state index contributed by atoms with van der Waals surface area (Å²) >= 11 is 1.43.